The van der Waals surface area contributed by atoms with Gasteiger partial charge in [0.05, 0.1) is 12.7 Å². The summed E-state index contributed by atoms with van der Waals surface area (Å²) in [5, 5.41) is 8.76. The maximum Gasteiger partial charge on any atom is 0.325 e. The normalized spacial score (nSPS) is 9.40. The molecule has 1 aromatic rings. The second-order valence-corrected chi connectivity index (χ2v) is 4.25. The van der Waals surface area contributed by atoms with Crippen molar-refractivity contribution in [3.05, 3.63) is 34.9 Å². The topological polar surface area (TPSA) is 66.8 Å². The second kappa shape index (κ2) is 7.31. The molecule has 0 aromatic heterocycles. The molecule has 0 fully saturated rings. The molecule has 5 heteroatoms. The zero-order chi connectivity index (χ0) is 15.1. The molecule has 1 rings (SSSR count). The van der Waals surface area contributed by atoms with Crippen LogP contribution in [0.2, 0.25) is 0 Å². The number of hydrogen-bond acceptors (Lipinski definition) is 4. The average molecular weight is 275 g/mol. The summed E-state index contributed by atoms with van der Waals surface area (Å²) in [7, 11) is 2.78. The number of likely N-dealkylation sites (N-methyl/N-ethyl adjacent to an activating group) is 1. The molecule has 0 bridgehead atoms. The molecule has 1 N–H and O–H groups in total. The van der Waals surface area contributed by atoms with E-state index in [0.29, 0.717) is 11.1 Å². The van der Waals surface area contributed by atoms with Crippen LogP contribution < -0.4 is 0 Å². The zero-order valence-electron chi connectivity index (χ0n) is 11.8. The van der Waals surface area contributed by atoms with E-state index in [1.165, 1.54) is 19.1 Å². The Morgan fingerprint density at radius 1 is 1.40 bits per heavy atom. The van der Waals surface area contributed by atoms with Crippen LogP contribution in [0.4, 0.5) is 0 Å². The lowest BCUT2D eigenvalue weighted by Crippen LogP contribution is -2.33. The summed E-state index contributed by atoms with van der Waals surface area (Å²) < 4.78 is 4.53. The van der Waals surface area contributed by atoms with Gasteiger partial charge in [-0.15, -0.1) is 0 Å². The highest BCUT2D eigenvalue weighted by Gasteiger charge is 2.17. The third-order valence-electron chi connectivity index (χ3n) is 2.65. The molecule has 20 heavy (non-hydrogen) atoms. The SMILES string of the molecule is COC(=O)CN(C)C(=O)c1ccc(C)cc1C#CCO. The Balaban J connectivity index is 3.05. The van der Waals surface area contributed by atoms with E-state index in [4.69, 9.17) is 5.11 Å². The molecule has 1 amide bonds. The number of carbonyl (C=O) groups is 2. The monoisotopic (exact) mass is 275 g/mol. The van der Waals surface area contributed by atoms with Crippen LogP contribution in [0.15, 0.2) is 18.2 Å². The Kier molecular flexibility index (Phi) is 5.75. The molecule has 1 aromatic carbocycles. The number of methoxy groups -OCH3 is 1. The molecular weight excluding hydrogens is 258 g/mol. The van der Waals surface area contributed by atoms with Crippen molar-refractivity contribution in [2.45, 2.75) is 6.92 Å². The summed E-state index contributed by atoms with van der Waals surface area (Å²) >= 11 is 0. The molecule has 0 unspecified atom stereocenters. The molecule has 106 valence electrons. The van der Waals surface area contributed by atoms with Gasteiger partial charge in [-0.3, -0.25) is 9.59 Å². The molecule has 0 saturated carbocycles. The minimum absolute atomic E-state index is 0.129. The van der Waals surface area contributed by atoms with Crippen molar-refractivity contribution in [3.8, 4) is 11.8 Å². The van der Waals surface area contributed by atoms with Gasteiger partial charge in [0.15, 0.2) is 0 Å². The van der Waals surface area contributed by atoms with Gasteiger partial charge >= 0.3 is 5.97 Å². The van der Waals surface area contributed by atoms with Crippen LogP contribution in [-0.4, -0.2) is 49.2 Å². The van der Waals surface area contributed by atoms with Gasteiger partial charge in [-0.1, -0.05) is 17.9 Å². The highest BCUT2D eigenvalue weighted by atomic mass is 16.5. The van der Waals surface area contributed by atoms with Crippen LogP contribution in [0.5, 0.6) is 0 Å². The van der Waals surface area contributed by atoms with Crippen molar-refractivity contribution >= 4 is 11.9 Å². The lowest BCUT2D eigenvalue weighted by atomic mass is 10.0. The van der Waals surface area contributed by atoms with E-state index in [-0.39, 0.29) is 19.1 Å². The van der Waals surface area contributed by atoms with Crippen LogP contribution in [-0.2, 0) is 9.53 Å². The van der Waals surface area contributed by atoms with Crippen LogP contribution in [0, 0.1) is 18.8 Å². The predicted octanol–water partition coefficient (Wildman–Crippen LogP) is 0.584. The van der Waals surface area contributed by atoms with Crippen LogP contribution in [0.1, 0.15) is 21.5 Å². The molecule has 0 saturated heterocycles. The number of nitrogens with zero attached hydrogens (tertiary/aromatic N) is 1. The summed E-state index contributed by atoms with van der Waals surface area (Å²) in [5.74, 6) is 4.45. The first kappa shape index (κ1) is 15.7. The quantitative estimate of drug-likeness (QED) is 0.647. The fourth-order valence-corrected chi connectivity index (χ4v) is 1.62. The maximum absolute atomic E-state index is 12.3. The van der Waals surface area contributed by atoms with Crippen molar-refractivity contribution < 1.29 is 19.4 Å². The van der Waals surface area contributed by atoms with E-state index < -0.39 is 5.97 Å². The van der Waals surface area contributed by atoms with Crippen molar-refractivity contribution in [1.82, 2.24) is 4.90 Å². The number of ether oxygens (including phenoxy) is 1. The predicted molar refractivity (Wildman–Crippen MR) is 74.1 cm³/mol. The van der Waals surface area contributed by atoms with Gasteiger partial charge in [0, 0.05) is 12.6 Å². The maximum atomic E-state index is 12.3. The number of aryl methyl sites for hydroxylation is 1. The van der Waals surface area contributed by atoms with Crippen molar-refractivity contribution in [2.75, 3.05) is 27.3 Å². The highest BCUT2D eigenvalue weighted by molar-refractivity contribution is 5.98. The molecule has 0 heterocycles. The minimum Gasteiger partial charge on any atom is -0.468 e. The summed E-state index contributed by atoms with van der Waals surface area (Å²) in [6.45, 7) is 1.48. The van der Waals surface area contributed by atoms with Gasteiger partial charge in [0.1, 0.15) is 13.2 Å². The van der Waals surface area contributed by atoms with Gasteiger partial charge in [-0.25, -0.2) is 0 Å². The number of esters is 1. The Morgan fingerprint density at radius 3 is 2.70 bits per heavy atom. The van der Waals surface area contributed by atoms with Gasteiger partial charge in [-0.05, 0) is 24.6 Å². The van der Waals surface area contributed by atoms with E-state index >= 15 is 0 Å². The Labute approximate surface area is 118 Å². The summed E-state index contributed by atoms with van der Waals surface area (Å²) in [4.78, 5) is 24.7. The molecule has 0 radical (unpaired) electrons. The number of hydrogen-bond donors (Lipinski definition) is 1. The number of aliphatic hydroxyl groups is 1. The third-order valence-corrected chi connectivity index (χ3v) is 2.65. The number of rotatable bonds is 3. The molecule has 0 aliphatic heterocycles. The number of aliphatic hydroxyl groups excluding tert-OH is 1. The zero-order valence-corrected chi connectivity index (χ0v) is 11.8. The first-order valence-corrected chi connectivity index (χ1v) is 6.02. The van der Waals surface area contributed by atoms with E-state index in [1.54, 1.807) is 18.2 Å². The fourth-order valence-electron chi connectivity index (χ4n) is 1.62. The van der Waals surface area contributed by atoms with Gasteiger partial charge in [0.2, 0.25) is 0 Å². The number of amides is 1. The van der Waals surface area contributed by atoms with Crippen molar-refractivity contribution in [3.63, 3.8) is 0 Å². The van der Waals surface area contributed by atoms with Gasteiger partial charge in [-0.2, -0.15) is 0 Å². The van der Waals surface area contributed by atoms with Gasteiger partial charge < -0.3 is 14.7 Å². The Hall–Kier alpha value is -2.32. The molecule has 0 aliphatic rings. The van der Waals surface area contributed by atoms with E-state index in [0.717, 1.165) is 5.56 Å². The first-order chi connectivity index (χ1) is 9.49. The fraction of sp³-hybridized carbons (Fsp3) is 0.333. The van der Waals surface area contributed by atoms with Gasteiger partial charge in [0.25, 0.3) is 5.91 Å². The molecule has 5 nitrogen and oxygen atoms in total. The number of carbonyl (C=O) groups excluding carboxylic acids is 2. The van der Waals surface area contributed by atoms with Crippen molar-refractivity contribution in [2.24, 2.45) is 0 Å². The lowest BCUT2D eigenvalue weighted by Gasteiger charge is -2.16. The molecular formula is C15H17NO4. The average Bonchev–Trinajstić information content (AvgIpc) is 2.44. The highest BCUT2D eigenvalue weighted by Crippen LogP contribution is 2.13. The minimum atomic E-state index is -0.490. The van der Waals surface area contributed by atoms with E-state index in [9.17, 15) is 9.59 Å². The second-order valence-electron chi connectivity index (χ2n) is 4.25. The van der Waals surface area contributed by atoms with Crippen LogP contribution in [0.25, 0.3) is 0 Å². The summed E-state index contributed by atoms with van der Waals surface area (Å²) in [5.41, 5.74) is 1.88. The molecule has 0 aliphatic carbocycles. The number of benzene rings is 1. The summed E-state index contributed by atoms with van der Waals surface area (Å²) in [6.07, 6.45) is 0. The Bertz CT molecular complexity index is 569. The van der Waals surface area contributed by atoms with Crippen molar-refractivity contribution in [1.29, 1.82) is 0 Å². The molecule has 0 atom stereocenters. The van der Waals surface area contributed by atoms with Crippen LogP contribution >= 0.6 is 0 Å². The Morgan fingerprint density at radius 2 is 2.10 bits per heavy atom. The first-order valence-electron chi connectivity index (χ1n) is 6.02. The third kappa shape index (κ3) is 4.11. The smallest absolute Gasteiger partial charge is 0.325 e. The lowest BCUT2D eigenvalue weighted by molar-refractivity contribution is -0.141. The largest absolute Gasteiger partial charge is 0.468 e. The summed E-state index contributed by atoms with van der Waals surface area (Å²) in [6, 6.07) is 5.22. The molecule has 0 spiro atoms. The standard InChI is InChI=1S/C15H17NO4/c1-11-6-7-13(12(9-11)5-4-8-17)15(19)16(2)10-14(18)20-3/h6-7,9,17H,8,10H2,1-3H3. The van der Waals surface area contributed by atoms with E-state index in [2.05, 4.69) is 16.6 Å². The van der Waals surface area contributed by atoms with Crippen LogP contribution in [0.3, 0.4) is 0 Å². The van der Waals surface area contributed by atoms with E-state index in [1.807, 2.05) is 6.92 Å².